The molecule has 166 valence electrons. The number of aryl methyl sites for hydroxylation is 1. The number of carbonyl (C=O) groups is 2. The van der Waals surface area contributed by atoms with Crippen LogP contribution in [0.4, 0.5) is 5.69 Å². The molecule has 4 rings (SSSR count). The molecule has 0 aliphatic heterocycles. The quantitative estimate of drug-likeness (QED) is 0.232. The van der Waals surface area contributed by atoms with E-state index in [4.69, 9.17) is 11.6 Å². The molecule has 4 aromatic rings. The summed E-state index contributed by atoms with van der Waals surface area (Å²) in [6.45, 7) is 3.41. The van der Waals surface area contributed by atoms with E-state index in [2.05, 4.69) is 10.3 Å². The van der Waals surface area contributed by atoms with Crippen LogP contribution in [0.2, 0.25) is 5.02 Å². The Morgan fingerprint density at radius 3 is 2.61 bits per heavy atom. The summed E-state index contributed by atoms with van der Waals surface area (Å²) in [4.78, 5) is 42.2. The number of carbonyl (C=O) groups excluding carboxylic acids is 2. The second-order valence-corrected chi connectivity index (χ2v) is 8.89. The maximum absolute atomic E-state index is 13.3. The molecule has 1 amide bonds. The van der Waals surface area contributed by atoms with Crippen LogP contribution >= 0.6 is 23.4 Å². The molecule has 0 fully saturated rings. The molecular weight excluding hydrogens is 458 g/mol. The van der Waals surface area contributed by atoms with Crippen LogP contribution in [0.5, 0.6) is 0 Å². The first-order valence-corrected chi connectivity index (χ1v) is 11.5. The van der Waals surface area contributed by atoms with Crippen LogP contribution in [0.3, 0.4) is 0 Å². The van der Waals surface area contributed by atoms with Crippen LogP contribution in [-0.2, 0) is 4.79 Å². The van der Waals surface area contributed by atoms with Crippen LogP contribution in [0.1, 0.15) is 22.8 Å². The average molecular weight is 478 g/mol. The highest BCUT2D eigenvalue weighted by Gasteiger charge is 2.16. The van der Waals surface area contributed by atoms with Gasteiger partial charge in [-0.2, -0.15) is 0 Å². The van der Waals surface area contributed by atoms with Gasteiger partial charge in [0.15, 0.2) is 10.9 Å². The lowest BCUT2D eigenvalue weighted by Crippen LogP contribution is -2.23. The van der Waals surface area contributed by atoms with Crippen molar-refractivity contribution in [3.8, 4) is 5.69 Å². The second-order valence-electron chi connectivity index (χ2n) is 7.51. The number of fused-ring (bicyclic) bond motifs is 1. The monoisotopic (exact) mass is 477 g/mol. The van der Waals surface area contributed by atoms with Crippen LogP contribution < -0.4 is 10.9 Å². The van der Waals surface area contributed by atoms with Crippen molar-refractivity contribution in [3.05, 3.63) is 93.2 Å². The largest absolute Gasteiger partial charge is 0.325 e. The van der Waals surface area contributed by atoms with Gasteiger partial charge in [-0.3, -0.25) is 19.0 Å². The van der Waals surface area contributed by atoms with Gasteiger partial charge in [-0.25, -0.2) is 4.98 Å². The van der Waals surface area contributed by atoms with Gasteiger partial charge in [-0.1, -0.05) is 47.6 Å². The highest BCUT2D eigenvalue weighted by molar-refractivity contribution is 7.99. The van der Waals surface area contributed by atoms with Crippen LogP contribution in [0.15, 0.2) is 76.7 Å². The van der Waals surface area contributed by atoms with E-state index in [1.165, 1.54) is 11.5 Å². The van der Waals surface area contributed by atoms with Crippen LogP contribution in [0.25, 0.3) is 16.6 Å². The molecule has 0 radical (unpaired) electrons. The van der Waals surface area contributed by atoms with Crippen molar-refractivity contribution in [2.75, 3.05) is 11.1 Å². The molecule has 6 nitrogen and oxygen atoms in total. The highest BCUT2D eigenvalue weighted by Crippen LogP contribution is 2.24. The Balaban J connectivity index is 1.67. The number of ketones is 1. The van der Waals surface area contributed by atoms with Gasteiger partial charge in [0.25, 0.3) is 5.56 Å². The van der Waals surface area contributed by atoms with E-state index in [-0.39, 0.29) is 23.0 Å². The fourth-order valence-electron chi connectivity index (χ4n) is 3.37. The first-order valence-electron chi connectivity index (χ1n) is 10.1. The fraction of sp³-hybridized carbons (Fsp3) is 0.120. The van der Waals surface area contributed by atoms with Gasteiger partial charge >= 0.3 is 0 Å². The zero-order valence-electron chi connectivity index (χ0n) is 18.0. The number of nitrogens with one attached hydrogen (secondary N) is 1. The van der Waals surface area contributed by atoms with Gasteiger partial charge in [-0.05, 0) is 61.9 Å². The number of amides is 1. The molecule has 0 saturated heterocycles. The number of anilines is 1. The fourth-order valence-corrected chi connectivity index (χ4v) is 4.35. The first-order chi connectivity index (χ1) is 15.8. The summed E-state index contributed by atoms with van der Waals surface area (Å²) in [7, 11) is 0. The molecule has 0 unspecified atom stereocenters. The minimum absolute atomic E-state index is 0.0224. The highest BCUT2D eigenvalue weighted by atomic mass is 35.5. The SMILES string of the molecule is CC(=O)c1cccc(NC(=O)CSc2nc3cc(Cl)ccc3c(=O)n2-c2cccc(C)c2)c1. The topological polar surface area (TPSA) is 81.1 Å². The maximum Gasteiger partial charge on any atom is 0.266 e. The number of thioether (sulfide) groups is 1. The Labute approximate surface area is 199 Å². The van der Waals surface area contributed by atoms with E-state index in [9.17, 15) is 14.4 Å². The minimum Gasteiger partial charge on any atom is -0.325 e. The number of rotatable bonds is 6. The molecule has 33 heavy (non-hydrogen) atoms. The van der Waals surface area contributed by atoms with E-state index >= 15 is 0 Å². The van der Waals surface area contributed by atoms with Crippen LogP contribution in [0, 0.1) is 6.92 Å². The zero-order valence-corrected chi connectivity index (χ0v) is 19.5. The number of benzene rings is 3. The Morgan fingerprint density at radius 1 is 1.06 bits per heavy atom. The lowest BCUT2D eigenvalue weighted by Gasteiger charge is -2.14. The Morgan fingerprint density at radius 2 is 1.85 bits per heavy atom. The van der Waals surface area contributed by atoms with Crippen molar-refractivity contribution in [2.24, 2.45) is 0 Å². The summed E-state index contributed by atoms with van der Waals surface area (Å²) < 4.78 is 1.51. The predicted octanol–water partition coefficient (Wildman–Crippen LogP) is 5.28. The van der Waals surface area contributed by atoms with E-state index < -0.39 is 0 Å². The Kier molecular flexibility index (Phi) is 6.62. The third-order valence-corrected chi connectivity index (χ3v) is 6.12. The molecule has 1 N–H and O–H groups in total. The lowest BCUT2D eigenvalue weighted by atomic mass is 10.1. The summed E-state index contributed by atoms with van der Waals surface area (Å²) in [5.41, 5.74) is 2.94. The smallest absolute Gasteiger partial charge is 0.266 e. The van der Waals surface area contributed by atoms with Gasteiger partial charge in [0, 0.05) is 16.3 Å². The molecule has 0 bridgehead atoms. The van der Waals surface area contributed by atoms with Crippen molar-refractivity contribution in [1.29, 1.82) is 0 Å². The van der Waals surface area contributed by atoms with E-state index in [1.54, 1.807) is 42.5 Å². The molecule has 3 aromatic carbocycles. The Bertz CT molecular complexity index is 1450. The summed E-state index contributed by atoms with van der Waals surface area (Å²) in [5.74, 6) is -0.340. The molecule has 0 saturated carbocycles. The molecule has 0 spiro atoms. The van der Waals surface area contributed by atoms with Gasteiger partial charge in [-0.15, -0.1) is 0 Å². The summed E-state index contributed by atoms with van der Waals surface area (Å²) in [6.07, 6.45) is 0. The molecule has 0 atom stereocenters. The van der Waals surface area contributed by atoms with Crippen molar-refractivity contribution in [2.45, 2.75) is 19.0 Å². The summed E-state index contributed by atoms with van der Waals surface area (Å²) >= 11 is 7.26. The van der Waals surface area contributed by atoms with Gasteiger partial charge < -0.3 is 5.32 Å². The average Bonchev–Trinajstić information content (AvgIpc) is 2.77. The maximum atomic E-state index is 13.3. The van der Waals surface area contributed by atoms with Gasteiger partial charge in [0.1, 0.15) is 0 Å². The third-order valence-electron chi connectivity index (χ3n) is 4.95. The number of halogens is 1. The molecule has 8 heteroatoms. The minimum atomic E-state index is -0.281. The predicted molar refractivity (Wildman–Crippen MR) is 133 cm³/mol. The van der Waals surface area contributed by atoms with E-state index in [1.807, 2.05) is 31.2 Å². The van der Waals surface area contributed by atoms with Crippen LogP contribution in [-0.4, -0.2) is 27.0 Å². The van der Waals surface area contributed by atoms with Crippen molar-refractivity contribution >= 4 is 51.6 Å². The van der Waals surface area contributed by atoms with Crippen molar-refractivity contribution in [1.82, 2.24) is 9.55 Å². The lowest BCUT2D eigenvalue weighted by molar-refractivity contribution is -0.113. The van der Waals surface area contributed by atoms with Crippen molar-refractivity contribution < 1.29 is 9.59 Å². The number of nitrogens with zero attached hydrogens (tertiary/aromatic N) is 2. The van der Waals surface area contributed by atoms with E-state index in [0.29, 0.717) is 38.0 Å². The standard InChI is InChI=1S/C25H20ClN3O3S/c1-15-5-3-8-20(11-15)29-24(32)21-10-9-18(26)13-22(21)28-25(29)33-14-23(31)27-19-7-4-6-17(12-19)16(2)30/h3-13H,14H2,1-2H3,(H,27,31). The summed E-state index contributed by atoms with van der Waals surface area (Å²) in [5, 5.41) is 4.09. The Hall–Kier alpha value is -3.42. The summed E-state index contributed by atoms with van der Waals surface area (Å²) in [6, 6.07) is 19.2. The number of hydrogen-bond acceptors (Lipinski definition) is 5. The second kappa shape index (κ2) is 9.60. The number of hydrogen-bond donors (Lipinski definition) is 1. The van der Waals surface area contributed by atoms with Crippen molar-refractivity contribution in [3.63, 3.8) is 0 Å². The number of Topliss-reactive ketones (excluding diaryl/α,β-unsaturated/α-hetero) is 1. The molecule has 0 aliphatic carbocycles. The third kappa shape index (κ3) is 5.16. The molecular formula is C25H20ClN3O3S. The normalized spacial score (nSPS) is 10.9. The molecule has 1 aromatic heterocycles. The number of aromatic nitrogens is 2. The molecule has 1 heterocycles. The van der Waals surface area contributed by atoms with E-state index in [0.717, 1.165) is 17.3 Å². The first kappa shape index (κ1) is 22.8. The zero-order chi connectivity index (χ0) is 23.5. The molecule has 0 aliphatic rings. The van der Waals surface area contributed by atoms with Gasteiger partial charge in [0.2, 0.25) is 5.91 Å². The van der Waals surface area contributed by atoms with Gasteiger partial charge in [0.05, 0.1) is 22.3 Å².